The Bertz CT molecular complexity index is 908. The van der Waals surface area contributed by atoms with E-state index in [1.54, 1.807) is 13.2 Å². The molecule has 0 spiro atoms. The first-order valence-electron chi connectivity index (χ1n) is 8.35. The number of thioether (sulfide) groups is 1. The van der Waals surface area contributed by atoms with E-state index in [-0.39, 0.29) is 12.0 Å². The van der Waals surface area contributed by atoms with Crippen LogP contribution in [0.5, 0.6) is 11.5 Å². The molecule has 3 rings (SSSR count). The van der Waals surface area contributed by atoms with Crippen molar-refractivity contribution in [2.45, 2.75) is 20.0 Å². The molecule has 1 amide bonds. The van der Waals surface area contributed by atoms with E-state index in [4.69, 9.17) is 9.47 Å². The van der Waals surface area contributed by atoms with Crippen molar-refractivity contribution < 1.29 is 14.3 Å². The van der Waals surface area contributed by atoms with Crippen LogP contribution in [0.4, 0.5) is 5.69 Å². The number of hydrogen-bond donors (Lipinski definition) is 1. The molecule has 2 aromatic rings. The predicted molar refractivity (Wildman–Crippen MR) is 114 cm³/mol. The van der Waals surface area contributed by atoms with Crippen LogP contribution >= 0.6 is 27.7 Å². The Morgan fingerprint density at radius 2 is 1.93 bits per heavy atom. The second-order valence-electron chi connectivity index (χ2n) is 6.00. The second kappa shape index (κ2) is 8.63. The Morgan fingerprint density at radius 1 is 1.19 bits per heavy atom. The number of rotatable bonds is 5. The first kappa shape index (κ1) is 19.5. The van der Waals surface area contributed by atoms with Gasteiger partial charge in [0, 0.05) is 10.0 Å². The lowest BCUT2D eigenvalue weighted by Gasteiger charge is -2.16. The lowest BCUT2D eigenvalue weighted by Crippen LogP contribution is -2.19. The summed E-state index contributed by atoms with van der Waals surface area (Å²) in [5.41, 5.74) is 1.55. The maximum atomic E-state index is 12.4. The van der Waals surface area contributed by atoms with Gasteiger partial charge in [0.05, 0.1) is 23.8 Å². The minimum absolute atomic E-state index is 0.0157. The summed E-state index contributed by atoms with van der Waals surface area (Å²) in [4.78, 5) is 17.4. The van der Waals surface area contributed by atoms with Crippen LogP contribution in [-0.2, 0) is 4.79 Å². The average molecular weight is 447 g/mol. The fourth-order valence-corrected chi connectivity index (χ4v) is 3.52. The summed E-state index contributed by atoms with van der Waals surface area (Å²) in [6, 6.07) is 13.2. The molecule has 0 atom stereocenters. The maximum absolute atomic E-state index is 12.4. The molecule has 2 aromatic carbocycles. The fraction of sp³-hybridized carbons (Fsp3) is 0.200. The van der Waals surface area contributed by atoms with Gasteiger partial charge in [-0.15, -0.1) is 0 Å². The summed E-state index contributed by atoms with van der Waals surface area (Å²) in [5.74, 6) is 1.06. The highest BCUT2D eigenvalue weighted by molar-refractivity contribution is 9.10. The summed E-state index contributed by atoms with van der Waals surface area (Å²) in [6.45, 7) is 3.90. The molecule has 7 heteroatoms. The van der Waals surface area contributed by atoms with E-state index >= 15 is 0 Å². The number of methoxy groups -OCH3 is 1. The van der Waals surface area contributed by atoms with Crippen LogP contribution in [0.15, 0.2) is 56.8 Å². The summed E-state index contributed by atoms with van der Waals surface area (Å²) >= 11 is 4.69. The highest BCUT2D eigenvalue weighted by Gasteiger charge is 2.25. The minimum Gasteiger partial charge on any atom is -0.493 e. The summed E-state index contributed by atoms with van der Waals surface area (Å²) in [6.07, 6.45) is 1.78. The molecule has 1 N–H and O–H groups in total. The Hall–Kier alpha value is -2.25. The number of carbonyl (C=O) groups is 1. The number of aliphatic imine (C=N–C) groups is 1. The van der Waals surface area contributed by atoms with E-state index in [9.17, 15) is 4.79 Å². The number of nitrogens with zero attached hydrogens (tertiary/aromatic N) is 1. The van der Waals surface area contributed by atoms with Crippen LogP contribution in [-0.4, -0.2) is 24.3 Å². The molecule has 1 aliphatic rings. The second-order valence-corrected chi connectivity index (χ2v) is 7.95. The number of carbonyl (C=O) groups excluding carboxylic acids is 1. The van der Waals surface area contributed by atoms with Gasteiger partial charge in [-0.3, -0.25) is 4.79 Å². The summed E-state index contributed by atoms with van der Waals surface area (Å²) in [5, 5.41) is 3.34. The van der Waals surface area contributed by atoms with Gasteiger partial charge < -0.3 is 14.8 Å². The Labute approximate surface area is 171 Å². The van der Waals surface area contributed by atoms with Gasteiger partial charge in [-0.25, -0.2) is 4.99 Å². The normalized spacial score (nSPS) is 16.9. The zero-order valence-corrected chi connectivity index (χ0v) is 17.6. The van der Waals surface area contributed by atoms with Crippen LogP contribution in [0.2, 0.25) is 0 Å². The average Bonchev–Trinajstić information content (AvgIpc) is 2.97. The molecule has 1 heterocycles. The van der Waals surface area contributed by atoms with Gasteiger partial charge in [0.2, 0.25) is 0 Å². The molecule has 5 nitrogen and oxygen atoms in total. The summed E-state index contributed by atoms with van der Waals surface area (Å²) in [7, 11) is 1.60. The van der Waals surface area contributed by atoms with E-state index in [0.29, 0.717) is 21.6 Å². The molecule has 0 saturated carbocycles. The van der Waals surface area contributed by atoms with E-state index in [2.05, 4.69) is 26.2 Å². The molecule has 1 fully saturated rings. The molecule has 140 valence electrons. The van der Waals surface area contributed by atoms with Gasteiger partial charge in [0.15, 0.2) is 16.7 Å². The minimum atomic E-state index is -0.186. The molecule has 0 aliphatic carbocycles. The third kappa shape index (κ3) is 4.93. The number of ether oxygens (including phenoxy) is 2. The van der Waals surface area contributed by atoms with E-state index in [1.165, 1.54) is 11.8 Å². The molecule has 1 aliphatic heterocycles. The topological polar surface area (TPSA) is 59.9 Å². The van der Waals surface area contributed by atoms with Gasteiger partial charge in [-0.05, 0) is 62.0 Å². The van der Waals surface area contributed by atoms with Crippen LogP contribution in [0, 0.1) is 0 Å². The Balaban J connectivity index is 1.89. The van der Waals surface area contributed by atoms with E-state index in [1.807, 2.05) is 56.3 Å². The smallest absolute Gasteiger partial charge is 0.264 e. The van der Waals surface area contributed by atoms with Gasteiger partial charge in [0.25, 0.3) is 5.91 Å². The van der Waals surface area contributed by atoms with E-state index in [0.717, 1.165) is 15.7 Å². The fourth-order valence-electron chi connectivity index (χ4n) is 2.42. The van der Waals surface area contributed by atoms with Crippen LogP contribution in [0.1, 0.15) is 19.4 Å². The van der Waals surface area contributed by atoms with Gasteiger partial charge in [0.1, 0.15) is 0 Å². The van der Waals surface area contributed by atoms with Gasteiger partial charge in [-0.2, -0.15) is 0 Å². The number of nitrogens with one attached hydrogen (secondary N) is 1. The quantitative estimate of drug-likeness (QED) is 0.646. The molecule has 1 saturated heterocycles. The number of amides is 1. The number of benzene rings is 2. The van der Waals surface area contributed by atoms with E-state index < -0.39 is 0 Å². The zero-order valence-electron chi connectivity index (χ0n) is 15.2. The number of hydrogen-bond acceptors (Lipinski definition) is 5. The number of halogens is 1. The van der Waals surface area contributed by atoms with Crippen molar-refractivity contribution in [2.24, 2.45) is 4.99 Å². The predicted octanol–water partition coefficient (Wildman–Crippen LogP) is 5.14. The lowest BCUT2D eigenvalue weighted by atomic mass is 10.1. The van der Waals surface area contributed by atoms with Crippen molar-refractivity contribution in [1.82, 2.24) is 5.32 Å². The molecular weight excluding hydrogens is 428 g/mol. The Morgan fingerprint density at radius 3 is 2.59 bits per heavy atom. The van der Waals surface area contributed by atoms with Crippen LogP contribution in [0.3, 0.4) is 0 Å². The molecule has 0 aromatic heterocycles. The SMILES string of the molecule is COc1cccc(/C=C2\SC(=Nc3ccc(Br)cc3)NC2=O)c1OC(C)C. The molecule has 0 unspecified atom stereocenters. The Kier molecular flexibility index (Phi) is 6.23. The monoisotopic (exact) mass is 446 g/mol. The standard InChI is InChI=1S/C20H19BrN2O3S/c1-12(2)26-18-13(5-4-6-16(18)25-3)11-17-19(24)23-20(27-17)22-15-9-7-14(21)8-10-15/h4-12H,1-3H3,(H,22,23,24)/b17-11-. The van der Waals surface area contributed by atoms with Crippen molar-refractivity contribution >= 4 is 50.5 Å². The van der Waals surface area contributed by atoms with Crippen molar-refractivity contribution in [3.63, 3.8) is 0 Å². The molecule has 0 bridgehead atoms. The highest BCUT2D eigenvalue weighted by atomic mass is 79.9. The first-order valence-corrected chi connectivity index (χ1v) is 9.96. The first-order chi connectivity index (χ1) is 13.0. The molecule has 0 radical (unpaired) electrons. The highest BCUT2D eigenvalue weighted by Crippen LogP contribution is 2.36. The van der Waals surface area contributed by atoms with Crippen LogP contribution in [0.25, 0.3) is 6.08 Å². The third-order valence-electron chi connectivity index (χ3n) is 3.58. The molecular formula is C20H19BrN2O3S. The van der Waals surface area contributed by atoms with Crippen molar-refractivity contribution in [2.75, 3.05) is 7.11 Å². The maximum Gasteiger partial charge on any atom is 0.264 e. The van der Waals surface area contributed by atoms with Crippen molar-refractivity contribution in [3.05, 3.63) is 57.4 Å². The zero-order chi connectivity index (χ0) is 19.4. The van der Waals surface area contributed by atoms with Crippen molar-refractivity contribution in [1.29, 1.82) is 0 Å². The van der Waals surface area contributed by atoms with Crippen molar-refractivity contribution in [3.8, 4) is 11.5 Å². The van der Waals surface area contributed by atoms with Gasteiger partial charge in [-0.1, -0.05) is 28.1 Å². The van der Waals surface area contributed by atoms with Gasteiger partial charge >= 0.3 is 0 Å². The number of para-hydroxylation sites is 1. The van der Waals surface area contributed by atoms with Crippen LogP contribution < -0.4 is 14.8 Å². The number of amidine groups is 1. The largest absolute Gasteiger partial charge is 0.493 e. The summed E-state index contributed by atoms with van der Waals surface area (Å²) < 4.78 is 12.3. The third-order valence-corrected chi connectivity index (χ3v) is 5.02. The lowest BCUT2D eigenvalue weighted by molar-refractivity contribution is -0.115. The molecule has 27 heavy (non-hydrogen) atoms.